The van der Waals surface area contributed by atoms with Crippen molar-refractivity contribution in [2.24, 2.45) is 5.92 Å². The van der Waals surface area contributed by atoms with E-state index in [-0.39, 0.29) is 11.3 Å². The number of rotatable bonds is 5. The first kappa shape index (κ1) is 14.6. The second-order valence-corrected chi connectivity index (χ2v) is 5.78. The molecule has 0 radical (unpaired) electrons. The number of carboxylic acid groups (broad SMARTS) is 1. The highest BCUT2D eigenvalue weighted by Crippen LogP contribution is 2.23. The minimum atomic E-state index is -0.736. The van der Waals surface area contributed by atoms with Gasteiger partial charge in [-0.3, -0.25) is 4.79 Å². The van der Waals surface area contributed by atoms with Crippen LogP contribution in [0.4, 0.5) is 5.69 Å². The maximum Gasteiger partial charge on any atom is 0.306 e. The van der Waals surface area contributed by atoms with Gasteiger partial charge in [-0.2, -0.15) is 0 Å². The Balaban J connectivity index is 2.47. The van der Waals surface area contributed by atoms with Crippen LogP contribution < -0.4 is 5.32 Å². The van der Waals surface area contributed by atoms with Gasteiger partial charge in [0, 0.05) is 12.2 Å². The number of carbonyl (C=O) groups is 1. The van der Waals surface area contributed by atoms with Gasteiger partial charge < -0.3 is 10.4 Å². The molecule has 0 aliphatic rings. The zero-order chi connectivity index (χ0) is 13.8. The average Bonchev–Trinajstić information content (AvgIpc) is 2.28. The number of hydrogen-bond acceptors (Lipinski definition) is 2. The van der Waals surface area contributed by atoms with Crippen molar-refractivity contribution in [1.29, 1.82) is 0 Å². The number of anilines is 1. The molecule has 1 unspecified atom stereocenters. The van der Waals surface area contributed by atoms with Crippen LogP contribution in [0.1, 0.15) is 39.7 Å². The van der Waals surface area contributed by atoms with E-state index in [4.69, 9.17) is 5.11 Å². The fraction of sp³-hybridized carbons (Fsp3) is 0.533. The van der Waals surface area contributed by atoms with Crippen molar-refractivity contribution in [3.63, 3.8) is 0 Å². The molecule has 0 fully saturated rings. The zero-order valence-corrected chi connectivity index (χ0v) is 11.7. The molecule has 1 aromatic rings. The summed E-state index contributed by atoms with van der Waals surface area (Å²) in [5.74, 6) is -1.04. The van der Waals surface area contributed by atoms with Gasteiger partial charge >= 0.3 is 5.97 Å². The van der Waals surface area contributed by atoms with Gasteiger partial charge in [0.2, 0.25) is 0 Å². The summed E-state index contributed by atoms with van der Waals surface area (Å²) in [7, 11) is 0. The van der Waals surface area contributed by atoms with Gasteiger partial charge in [0.05, 0.1) is 5.92 Å². The van der Waals surface area contributed by atoms with E-state index in [1.54, 1.807) is 6.92 Å². The standard InChI is InChI=1S/C15H23NO2/c1-11(14(17)18)9-10-16-13-7-5-12(6-8-13)15(2,3)4/h5-8,11,16H,9-10H2,1-4H3,(H,17,18). The van der Waals surface area contributed by atoms with E-state index in [9.17, 15) is 4.79 Å². The highest BCUT2D eigenvalue weighted by molar-refractivity contribution is 5.69. The molecule has 0 amide bonds. The molecule has 3 heteroatoms. The first-order valence-electron chi connectivity index (χ1n) is 6.38. The summed E-state index contributed by atoms with van der Waals surface area (Å²) in [6.45, 7) is 8.97. The van der Waals surface area contributed by atoms with E-state index in [1.807, 2.05) is 12.1 Å². The van der Waals surface area contributed by atoms with Gasteiger partial charge in [-0.25, -0.2) is 0 Å². The van der Waals surface area contributed by atoms with Gasteiger partial charge in [0.1, 0.15) is 0 Å². The predicted octanol–water partition coefficient (Wildman–Crippen LogP) is 3.51. The number of carboxylic acids is 1. The smallest absolute Gasteiger partial charge is 0.306 e. The lowest BCUT2D eigenvalue weighted by Gasteiger charge is -2.19. The molecule has 0 saturated heterocycles. The first-order chi connectivity index (χ1) is 8.30. The molecule has 0 aliphatic heterocycles. The number of nitrogens with one attached hydrogen (secondary N) is 1. The van der Waals surface area contributed by atoms with Crippen LogP contribution in [-0.4, -0.2) is 17.6 Å². The van der Waals surface area contributed by atoms with Crippen molar-refractivity contribution in [1.82, 2.24) is 0 Å². The van der Waals surface area contributed by atoms with Crippen LogP contribution in [0.5, 0.6) is 0 Å². The second kappa shape index (κ2) is 5.89. The molecule has 1 atom stereocenters. The molecule has 100 valence electrons. The van der Waals surface area contributed by atoms with E-state index in [1.165, 1.54) is 5.56 Å². The fourth-order valence-corrected chi connectivity index (χ4v) is 1.64. The maximum absolute atomic E-state index is 10.7. The number of hydrogen-bond donors (Lipinski definition) is 2. The Labute approximate surface area is 109 Å². The lowest BCUT2D eigenvalue weighted by atomic mass is 9.87. The summed E-state index contributed by atoms with van der Waals surface area (Å²) in [6, 6.07) is 8.32. The Hall–Kier alpha value is -1.51. The van der Waals surface area contributed by atoms with Crippen LogP contribution in [0.2, 0.25) is 0 Å². The molecule has 1 rings (SSSR count). The van der Waals surface area contributed by atoms with Gasteiger partial charge in [0.25, 0.3) is 0 Å². The highest BCUT2D eigenvalue weighted by Gasteiger charge is 2.13. The molecule has 0 bridgehead atoms. The minimum absolute atomic E-state index is 0.163. The Morgan fingerprint density at radius 2 is 1.83 bits per heavy atom. The fourth-order valence-electron chi connectivity index (χ4n) is 1.64. The van der Waals surface area contributed by atoms with Crippen molar-refractivity contribution in [2.75, 3.05) is 11.9 Å². The molecule has 3 nitrogen and oxygen atoms in total. The summed E-state index contributed by atoms with van der Waals surface area (Å²) in [6.07, 6.45) is 0.635. The summed E-state index contributed by atoms with van der Waals surface area (Å²) in [4.78, 5) is 10.7. The van der Waals surface area contributed by atoms with Crippen LogP contribution in [0.3, 0.4) is 0 Å². The topological polar surface area (TPSA) is 49.3 Å². The van der Waals surface area contributed by atoms with E-state index in [0.717, 1.165) is 5.69 Å². The summed E-state index contributed by atoms with van der Waals surface area (Å²) < 4.78 is 0. The Bertz CT molecular complexity index is 390. The van der Waals surface area contributed by atoms with Crippen molar-refractivity contribution in [2.45, 2.75) is 39.5 Å². The van der Waals surface area contributed by atoms with Crippen LogP contribution in [0, 0.1) is 5.92 Å². The third-order valence-corrected chi connectivity index (χ3v) is 3.08. The molecular weight excluding hydrogens is 226 g/mol. The molecule has 18 heavy (non-hydrogen) atoms. The van der Waals surface area contributed by atoms with Crippen LogP contribution in [-0.2, 0) is 10.2 Å². The van der Waals surface area contributed by atoms with Crippen LogP contribution >= 0.6 is 0 Å². The monoisotopic (exact) mass is 249 g/mol. The third-order valence-electron chi connectivity index (χ3n) is 3.08. The maximum atomic E-state index is 10.7. The molecule has 0 aromatic heterocycles. The minimum Gasteiger partial charge on any atom is -0.481 e. The van der Waals surface area contributed by atoms with E-state index >= 15 is 0 Å². The molecule has 0 aliphatic carbocycles. The highest BCUT2D eigenvalue weighted by atomic mass is 16.4. The molecule has 0 heterocycles. The lowest BCUT2D eigenvalue weighted by Crippen LogP contribution is -2.14. The van der Waals surface area contributed by atoms with Crippen molar-refractivity contribution < 1.29 is 9.90 Å². The molecular formula is C15H23NO2. The normalized spacial score (nSPS) is 13.1. The Morgan fingerprint density at radius 1 is 1.28 bits per heavy atom. The van der Waals surface area contributed by atoms with Gasteiger partial charge in [-0.05, 0) is 29.5 Å². The summed E-state index contributed by atoms with van der Waals surface area (Å²) in [5.41, 5.74) is 2.50. The molecule has 1 aromatic carbocycles. The van der Waals surface area contributed by atoms with Crippen LogP contribution in [0.25, 0.3) is 0 Å². The quantitative estimate of drug-likeness (QED) is 0.839. The largest absolute Gasteiger partial charge is 0.481 e. The Kier molecular flexibility index (Phi) is 4.76. The van der Waals surface area contributed by atoms with Crippen molar-refractivity contribution in [3.05, 3.63) is 29.8 Å². The van der Waals surface area contributed by atoms with Crippen molar-refractivity contribution in [3.8, 4) is 0 Å². The average molecular weight is 249 g/mol. The van der Waals surface area contributed by atoms with E-state index in [2.05, 4.69) is 38.2 Å². The van der Waals surface area contributed by atoms with E-state index in [0.29, 0.717) is 13.0 Å². The molecule has 0 spiro atoms. The van der Waals surface area contributed by atoms with Crippen LogP contribution in [0.15, 0.2) is 24.3 Å². The Morgan fingerprint density at radius 3 is 2.28 bits per heavy atom. The van der Waals surface area contributed by atoms with Crippen molar-refractivity contribution >= 4 is 11.7 Å². The van der Waals surface area contributed by atoms with Gasteiger partial charge in [-0.15, -0.1) is 0 Å². The second-order valence-electron chi connectivity index (χ2n) is 5.78. The SMILES string of the molecule is CC(CCNc1ccc(C(C)(C)C)cc1)C(=O)O. The predicted molar refractivity (Wildman–Crippen MR) is 75.0 cm³/mol. The third kappa shape index (κ3) is 4.40. The summed E-state index contributed by atoms with van der Waals surface area (Å²) >= 11 is 0. The first-order valence-corrected chi connectivity index (χ1v) is 6.38. The van der Waals surface area contributed by atoms with Gasteiger partial charge in [-0.1, -0.05) is 39.8 Å². The number of benzene rings is 1. The lowest BCUT2D eigenvalue weighted by molar-refractivity contribution is -0.141. The molecule has 2 N–H and O–H groups in total. The number of aliphatic carboxylic acids is 1. The summed E-state index contributed by atoms with van der Waals surface area (Å²) in [5, 5.41) is 12.0. The van der Waals surface area contributed by atoms with E-state index < -0.39 is 5.97 Å². The van der Waals surface area contributed by atoms with Gasteiger partial charge in [0.15, 0.2) is 0 Å². The zero-order valence-electron chi connectivity index (χ0n) is 11.7. The molecule has 0 saturated carbocycles.